The van der Waals surface area contributed by atoms with E-state index in [1.807, 2.05) is 0 Å². The monoisotopic (exact) mass is 274 g/mol. The van der Waals surface area contributed by atoms with Gasteiger partial charge in [-0.15, -0.1) is 0 Å². The summed E-state index contributed by atoms with van der Waals surface area (Å²) in [7, 11) is 0. The Bertz CT molecular complexity index is 400. The molecule has 2 rings (SSSR count). The maximum atomic E-state index is 3.58. The van der Waals surface area contributed by atoms with Gasteiger partial charge in [0.25, 0.3) is 0 Å². The highest BCUT2D eigenvalue weighted by molar-refractivity contribution is 5.54. The molecule has 0 radical (unpaired) electrons. The van der Waals surface area contributed by atoms with Gasteiger partial charge in [-0.05, 0) is 42.9 Å². The van der Waals surface area contributed by atoms with Gasteiger partial charge in [0, 0.05) is 25.3 Å². The topological polar surface area (TPSA) is 15.3 Å². The molecule has 0 saturated carbocycles. The number of hydrogen-bond acceptors (Lipinski definition) is 2. The van der Waals surface area contributed by atoms with Crippen molar-refractivity contribution in [2.75, 3.05) is 24.5 Å². The van der Waals surface area contributed by atoms with E-state index in [1.54, 1.807) is 0 Å². The van der Waals surface area contributed by atoms with E-state index >= 15 is 0 Å². The van der Waals surface area contributed by atoms with Gasteiger partial charge in [-0.1, -0.05) is 45.4 Å². The summed E-state index contributed by atoms with van der Waals surface area (Å²) in [5, 5.41) is 3.58. The van der Waals surface area contributed by atoms with Crippen molar-refractivity contribution in [3.8, 4) is 0 Å². The Labute approximate surface area is 124 Å². The average Bonchev–Trinajstić information content (AvgIpc) is 2.47. The summed E-state index contributed by atoms with van der Waals surface area (Å²) in [6.45, 7) is 11.4. The van der Waals surface area contributed by atoms with Crippen molar-refractivity contribution < 1.29 is 0 Å². The van der Waals surface area contributed by atoms with E-state index < -0.39 is 0 Å². The van der Waals surface area contributed by atoms with Crippen LogP contribution in [0.2, 0.25) is 0 Å². The van der Waals surface area contributed by atoms with E-state index in [9.17, 15) is 0 Å². The van der Waals surface area contributed by atoms with Crippen molar-refractivity contribution in [2.45, 2.75) is 46.6 Å². The summed E-state index contributed by atoms with van der Waals surface area (Å²) < 4.78 is 0. The Morgan fingerprint density at radius 2 is 2.10 bits per heavy atom. The molecular formula is C18H30N2. The highest BCUT2D eigenvalue weighted by Crippen LogP contribution is 2.27. The number of rotatable bonds is 6. The SMILES string of the molecule is CCC1CCCN(c2ccccc2CNCC(C)C)C1. The van der Waals surface area contributed by atoms with Gasteiger partial charge in [-0.25, -0.2) is 0 Å². The van der Waals surface area contributed by atoms with Crippen molar-refractivity contribution in [3.63, 3.8) is 0 Å². The van der Waals surface area contributed by atoms with Gasteiger partial charge in [0.15, 0.2) is 0 Å². The van der Waals surface area contributed by atoms with E-state index in [0.29, 0.717) is 5.92 Å². The molecule has 1 aromatic carbocycles. The molecule has 2 heteroatoms. The van der Waals surface area contributed by atoms with Crippen LogP contribution in [0.25, 0.3) is 0 Å². The van der Waals surface area contributed by atoms with E-state index in [4.69, 9.17) is 0 Å². The lowest BCUT2D eigenvalue weighted by Gasteiger charge is -2.35. The van der Waals surface area contributed by atoms with Gasteiger partial charge >= 0.3 is 0 Å². The van der Waals surface area contributed by atoms with Crippen LogP contribution in [0.5, 0.6) is 0 Å². The molecule has 0 amide bonds. The molecule has 1 heterocycles. The van der Waals surface area contributed by atoms with Crippen molar-refractivity contribution in [3.05, 3.63) is 29.8 Å². The van der Waals surface area contributed by atoms with Gasteiger partial charge in [0.2, 0.25) is 0 Å². The number of hydrogen-bond donors (Lipinski definition) is 1. The molecule has 0 aliphatic carbocycles. The summed E-state index contributed by atoms with van der Waals surface area (Å²) in [5.41, 5.74) is 2.90. The van der Waals surface area contributed by atoms with Gasteiger partial charge in [0.05, 0.1) is 0 Å². The van der Waals surface area contributed by atoms with Crippen molar-refractivity contribution in [2.24, 2.45) is 11.8 Å². The lowest BCUT2D eigenvalue weighted by Crippen LogP contribution is -2.36. The zero-order valence-electron chi connectivity index (χ0n) is 13.4. The van der Waals surface area contributed by atoms with Crippen molar-refractivity contribution in [1.29, 1.82) is 0 Å². The van der Waals surface area contributed by atoms with Crippen LogP contribution in [-0.2, 0) is 6.54 Å². The van der Waals surface area contributed by atoms with Gasteiger partial charge in [-0.2, -0.15) is 0 Å². The first-order valence-electron chi connectivity index (χ1n) is 8.24. The minimum absolute atomic E-state index is 0.710. The number of para-hydroxylation sites is 1. The lowest BCUT2D eigenvalue weighted by atomic mass is 9.94. The molecule has 1 N–H and O–H groups in total. The van der Waals surface area contributed by atoms with Crippen molar-refractivity contribution >= 4 is 5.69 Å². The third-order valence-corrected chi connectivity index (χ3v) is 4.30. The third-order valence-electron chi connectivity index (χ3n) is 4.30. The van der Waals surface area contributed by atoms with Crippen LogP contribution < -0.4 is 10.2 Å². The molecule has 1 saturated heterocycles. The highest BCUT2D eigenvalue weighted by atomic mass is 15.1. The molecule has 0 bridgehead atoms. The maximum Gasteiger partial charge on any atom is 0.0411 e. The van der Waals surface area contributed by atoms with E-state index in [2.05, 4.69) is 55.3 Å². The molecule has 20 heavy (non-hydrogen) atoms. The predicted octanol–water partition coefficient (Wildman–Crippen LogP) is 4.06. The summed E-state index contributed by atoms with van der Waals surface area (Å²) in [4.78, 5) is 2.60. The number of nitrogens with one attached hydrogen (secondary N) is 1. The van der Waals surface area contributed by atoms with Crippen LogP contribution in [0.1, 0.15) is 45.6 Å². The fourth-order valence-electron chi connectivity index (χ4n) is 3.08. The van der Waals surface area contributed by atoms with Crippen LogP contribution in [0, 0.1) is 11.8 Å². The minimum Gasteiger partial charge on any atom is -0.371 e. The molecule has 0 spiro atoms. The summed E-state index contributed by atoms with van der Waals surface area (Å²) in [6, 6.07) is 8.91. The molecule has 1 aromatic rings. The third kappa shape index (κ3) is 4.24. The lowest BCUT2D eigenvalue weighted by molar-refractivity contribution is 0.404. The standard InChI is InChI=1S/C18H30N2/c1-4-16-8-7-11-20(14-16)18-10-6-5-9-17(18)13-19-12-15(2)3/h5-6,9-10,15-16,19H,4,7-8,11-14H2,1-3H3. The zero-order chi connectivity index (χ0) is 14.4. The Hall–Kier alpha value is -1.02. The van der Waals surface area contributed by atoms with E-state index in [0.717, 1.165) is 19.0 Å². The smallest absolute Gasteiger partial charge is 0.0411 e. The second-order valence-electron chi connectivity index (χ2n) is 6.52. The largest absolute Gasteiger partial charge is 0.371 e. The van der Waals surface area contributed by atoms with E-state index in [-0.39, 0.29) is 0 Å². The van der Waals surface area contributed by atoms with Crippen LogP contribution in [0.3, 0.4) is 0 Å². The van der Waals surface area contributed by atoms with Gasteiger partial charge in [-0.3, -0.25) is 0 Å². The predicted molar refractivity (Wildman–Crippen MR) is 88.2 cm³/mol. The highest BCUT2D eigenvalue weighted by Gasteiger charge is 2.20. The summed E-state index contributed by atoms with van der Waals surface area (Å²) >= 11 is 0. The Balaban J connectivity index is 2.03. The first-order chi connectivity index (χ1) is 9.70. The maximum absolute atomic E-state index is 3.58. The molecule has 2 nitrogen and oxygen atoms in total. The van der Waals surface area contributed by atoms with Crippen LogP contribution in [0.4, 0.5) is 5.69 Å². The molecule has 1 atom stereocenters. The Morgan fingerprint density at radius 1 is 1.30 bits per heavy atom. The summed E-state index contributed by atoms with van der Waals surface area (Å²) in [6.07, 6.45) is 4.05. The quantitative estimate of drug-likeness (QED) is 0.841. The minimum atomic E-state index is 0.710. The molecule has 1 aliphatic heterocycles. The van der Waals surface area contributed by atoms with E-state index in [1.165, 1.54) is 43.6 Å². The molecule has 1 unspecified atom stereocenters. The Kier molecular flexibility index (Phi) is 5.90. The van der Waals surface area contributed by atoms with Crippen LogP contribution >= 0.6 is 0 Å². The van der Waals surface area contributed by atoms with Gasteiger partial charge < -0.3 is 10.2 Å². The second-order valence-corrected chi connectivity index (χ2v) is 6.52. The first-order valence-corrected chi connectivity index (χ1v) is 8.24. The average molecular weight is 274 g/mol. The van der Waals surface area contributed by atoms with Crippen LogP contribution in [0.15, 0.2) is 24.3 Å². The summed E-state index contributed by atoms with van der Waals surface area (Å²) in [5.74, 6) is 1.59. The normalized spacial score (nSPS) is 19.6. The second kappa shape index (κ2) is 7.68. The Morgan fingerprint density at radius 3 is 2.85 bits per heavy atom. The molecular weight excluding hydrogens is 244 g/mol. The van der Waals surface area contributed by atoms with Gasteiger partial charge in [0.1, 0.15) is 0 Å². The number of benzene rings is 1. The fraction of sp³-hybridized carbons (Fsp3) is 0.667. The number of piperidine rings is 1. The zero-order valence-corrected chi connectivity index (χ0v) is 13.4. The number of nitrogens with zero attached hydrogens (tertiary/aromatic N) is 1. The first kappa shape index (κ1) is 15.4. The van der Waals surface area contributed by atoms with Crippen LogP contribution in [-0.4, -0.2) is 19.6 Å². The molecule has 1 fully saturated rings. The molecule has 112 valence electrons. The van der Waals surface area contributed by atoms with Crippen molar-refractivity contribution in [1.82, 2.24) is 5.32 Å². The molecule has 1 aliphatic rings. The fourth-order valence-corrected chi connectivity index (χ4v) is 3.08. The number of anilines is 1. The molecule has 0 aromatic heterocycles.